The van der Waals surface area contributed by atoms with Crippen molar-refractivity contribution in [1.29, 1.82) is 0 Å². The lowest BCUT2D eigenvalue weighted by molar-refractivity contribution is 0.206. The van der Waals surface area contributed by atoms with Crippen molar-refractivity contribution < 1.29 is 41.5 Å². The highest BCUT2D eigenvalue weighted by atomic mass is 31.3. The molecule has 78 valence electrons. The monoisotopic (exact) mass is 255 g/mol. The van der Waals surface area contributed by atoms with E-state index in [1.807, 2.05) is 0 Å². The first kappa shape index (κ1) is 13.3. The molecule has 0 aliphatic rings. The zero-order valence-corrected chi connectivity index (χ0v) is 8.82. The Morgan fingerprint density at radius 3 is 2.00 bits per heavy atom. The molecule has 12 heteroatoms. The molecular formula is CH6O9P3+. The average molecular weight is 255 g/mol. The van der Waals surface area contributed by atoms with Crippen molar-refractivity contribution in [3.63, 3.8) is 0 Å². The molecule has 0 bridgehead atoms. The van der Waals surface area contributed by atoms with Crippen LogP contribution in [0.1, 0.15) is 0 Å². The third-order valence-electron chi connectivity index (χ3n) is 0.600. The topological polar surface area (TPSA) is 140 Å². The molecule has 0 aliphatic heterocycles. The lowest BCUT2D eigenvalue weighted by atomic mass is 11.8. The van der Waals surface area contributed by atoms with Crippen LogP contribution in [0.4, 0.5) is 0 Å². The largest absolute Gasteiger partial charge is 0.705 e. The van der Waals surface area contributed by atoms with Gasteiger partial charge in [0.2, 0.25) is 0 Å². The highest BCUT2D eigenvalue weighted by molar-refractivity contribution is 7.64. The fraction of sp³-hybridized carbons (Fsp3) is 1.00. The lowest BCUT2D eigenvalue weighted by Crippen LogP contribution is -1.91. The van der Waals surface area contributed by atoms with Crippen molar-refractivity contribution in [1.82, 2.24) is 0 Å². The van der Waals surface area contributed by atoms with E-state index in [2.05, 4.69) is 13.1 Å². The van der Waals surface area contributed by atoms with Gasteiger partial charge in [0.15, 0.2) is 0 Å². The third kappa shape index (κ3) is 6.40. The molecular weight excluding hydrogens is 249 g/mol. The SMILES string of the molecule is COP(=O)(O[P+](=O)O)OP(=O)(O)O. The van der Waals surface area contributed by atoms with Gasteiger partial charge in [-0.05, 0) is 4.31 Å². The smallest absolute Gasteiger partial charge is 0.302 e. The molecule has 0 amide bonds. The molecule has 0 saturated heterocycles. The van der Waals surface area contributed by atoms with E-state index < -0.39 is 23.9 Å². The summed E-state index contributed by atoms with van der Waals surface area (Å²) in [5.41, 5.74) is 0. The van der Waals surface area contributed by atoms with E-state index in [-0.39, 0.29) is 0 Å². The molecule has 13 heavy (non-hydrogen) atoms. The zero-order chi connectivity index (χ0) is 10.7. The molecule has 0 aromatic carbocycles. The minimum absolute atomic E-state index is 0.731. The molecule has 2 atom stereocenters. The highest BCUT2D eigenvalue weighted by Gasteiger charge is 2.43. The minimum atomic E-state index is -5.11. The van der Waals surface area contributed by atoms with E-state index in [4.69, 9.17) is 14.7 Å². The second-order valence-electron chi connectivity index (χ2n) is 1.52. The van der Waals surface area contributed by atoms with E-state index in [0.717, 1.165) is 7.11 Å². The second-order valence-corrected chi connectivity index (χ2v) is 5.54. The Hall–Kier alpha value is 0.320. The summed E-state index contributed by atoms with van der Waals surface area (Å²) < 4.78 is 42.1. The number of phosphoric acid groups is 2. The van der Waals surface area contributed by atoms with Crippen LogP contribution in [0.3, 0.4) is 0 Å². The Bertz CT molecular complexity index is 275. The third-order valence-corrected chi connectivity index (χ3v) is 4.06. The van der Waals surface area contributed by atoms with Crippen LogP contribution in [0.2, 0.25) is 0 Å². The first-order chi connectivity index (χ1) is 5.68. The van der Waals surface area contributed by atoms with Gasteiger partial charge in [-0.3, -0.25) is 4.52 Å². The molecule has 0 saturated carbocycles. The first-order valence-corrected chi connectivity index (χ1v) is 6.59. The molecule has 0 aliphatic carbocycles. The van der Waals surface area contributed by atoms with Crippen LogP contribution in [0.5, 0.6) is 0 Å². The Balaban J connectivity index is 4.57. The quantitative estimate of drug-likeness (QED) is 0.599. The average Bonchev–Trinajstić information content (AvgIpc) is 1.81. The lowest BCUT2D eigenvalue weighted by Gasteiger charge is -2.08. The molecule has 0 fully saturated rings. The van der Waals surface area contributed by atoms with E-state index in [9.17, 15) is 13.7 Å². The number of hydrogen-bond acceptors (Lipinski definition) is 6. The second kappa shape index (κ2) is 4.70. The number of hydrogen-bond donors (Lipinski definition) is 3. The van der Waals surface area contributed by atoms with Gasteiger partial charge in [0.25, 0.3) is 0 Å². The van der Waals surface area contributed by atoms with Crippen molar-refractivity contribution in [2.75, 3.05) is 7.11 Å². The minimum Gasteiger partial charge on any atom is -0.302 e. The predicted octanol–water partition coefficient (Wildman–Crippen LogP) is 0.516. The molecule has 0 radical (unpaired) electrons. The normalized spacial score (nSPS) is 18.0. The summed E-state index contributed by atoms with van der Waals surface area (Å²) in [6.45, 7) is 0. The maximum atomic E-state index is 10.9. The zero-order valence-electron chi connectivity index (χ0n) is 6.13. The summed E-state index contributed by atoms with van der Waals surface area (Å²) in [5.74, 6) is 0. The van der Waals surface area contributed by atoms with Crippen LogP contribution in [-0.4, -0.2) is 21.8 Å². The van der Waals surface area contributed by atoms with Gasteiger partial charge in [-0.25, -0.2) is 9.13 Å². The molecule has 2 unspecified atom stereocenters. The van der Waals surface area contributed by atoms with Crippen LogP contribution in [0.15, 0.2) is 0 Å². The molecule has 0 heterocycles. The molecule has 0 rings (SSSR count). The standard InChI is InChI=1S/CH5O9P3/c1-8-13(7,9-11(2)3)10-12(4,5)6/h1H3,(H2-,2,3,4,5,6)/p+1. The van der Waals surface area contributed by atoms with Gasteiger partial charge in [-0.1, -0.05) is 0 Å². The summed E-state index contributed by atoms with van der Waals surface area (Å²) in [5, 5.41) is 0. The van der Waals surface area contributed by atoms with Gasteiger partial charge in [0.1, 0.15) is 0 Å². The molecule has 0 spiro atoms. The maximum Gasteiger partial charge on any atom is 0.705 e. The van der Waals surface area contributed by atoms with Crippen molar-refractivity contribution >= 4 is 23.9 Å². The van der Waals surface area contributed by atoms with Gasteiger partial charge in [-0.15, -0.1) is 4.89 Å². The molecule has 0 aromatic heterocycles. The van der Waals surface area contributed by atoms with Crippen molar-refractivity contribution in [2.24, 2.45) is 0 Å². The van der Waals surface area contributed by atoms with E-state index in [1.54, 1.807) is 0 Å². The highest BCUT2D eigenvalue weighted by Crippen LogP contribution is 2.63. The van der Waals surface area contributed by atoms with E-state index in [1.165, 1.54) is 0 Å². The Morgan fingerprint density at radius 1 is 1.31 bits per heavy atom. The summed E-state index contributed by atoms with van der Waals surface area (Å²) in [4.78, 5) is 24.5. The Morgan fingerprint density at radius 2 is 1.77 bits per heavy atom. The van der Waals surface area contributed by atoms with E-state index >= 15 is 0 Å². The van der Waals surface area contributed by atoms with Crippen LogP contribution < -0.4 is 0 Å². The fourth-order valence-electron chi connectivity index (χ4n) is 0.297. The van der Waals surface area contributed by atoms with Crippen molar-refractivity contribution in [3.8, 4) is 0 Å². The maximum absolute atomic E-state index is 10.9. The predicted molar refractivity (Wildman–Crippen MR) is 38.7 cm³/mol. The fourth-order valence-corrected chi connectivity index (χ4v) is 2.94. The summed E-state index contributed by atoms with van der Waals surface area (Å²) in [6.07, 6.45) is 0. The van der Waals surface area contributed by atoms with Gasteiger partial charge in [-0.2, -0.15) is 4.31 Å². The van der Waals surface area contributed by atoms with Gasteiger partial charge in [0, 0.05) is 11.7 Å². The number of rotatable bonds is 5. The van der Waals surface area contributed by atoms with Gasteiger partial charge >= 0.3 is 23.9 Å². The van der Waals surface area contributed by atoms with Crippen LogP contribution >= 0.6 is 23.9 Å². The Labute approximate surface area is 73.4 Å². The van der Waals surface area contributed by atoms with Crippen LogP contribution in [0.25, 0.3) is 0 Å². The first-order valence-electron chi connectivity index (χ1n) is 2.47. The van der Waals surface area contributed by atoms with Gasteiger partial charge in [0.05, 0.1) is 0 Å². The van der Waals surface area contributed by atoms with E-state index in [0.29, 0.717) is 0 Å². The summed E-state index contributed by atoms with van der Waals surface area (Å²) in [7, 11) is -12.4. The van der Waals surface area contributed by atoms with Crippen LogP contribution in [-0.2, 0) is 26.8 Å². The molecule has 9 nitrogen and oxygen atoms in total. The van der Waals surface area contributed by atoms with Crippen molar-refractivity contribution in [2.45, 2.75) is 0 Å². The Kier molecular flexibility index (Phi) is 4.82. The molecule has 3 N–H and O–H groups in total. The summed E-state index contributed by atoms with van der Waals surface area (Å²) >= 11 is 0. The summed E-state index contributed by atoms with van der Waals surface area (Å²) in [6, 6.07) is 0. The van der Waals surface area contributed by atoms with Gasteiger partial charge < -0.3 is 9.79 Å². The molecule has 0 aromatic rings. The van der Waals surface area contributed by atoms with Crippen molar-refractivity contribution in [3.05, 3.63) is 0 Å². The van der Waals surface area contributed by atoms with Crippen LogP contribution in [0, 0.1) is 0 Å².